The van der Waals surface area contributed by atoms with Gasteiger partial charge in [0.15, 0.2) is 5.69 Å². The first-order valence-electron chi connectivity index (χ1n) is 8.65. The minimum absolute atomic E-state index is 0.103. The Labute approximate surface area is 152 Å². The number of benzene rings is 2. The Bertz CT molecular complexity index is 900. The minimum Gasteiger partial charge on any atom is -0.493 e. The highest BCUT2D eigenvalue weighted by Gasteiger charge is 2.19. The van der Waals surface area contributed by atoms with E-state index in [2.05, 4.69) is 53.5 Å². The highest BCUT2D eigenvalue weighted by Crippen LogP contribution is 2.34. The van der Waals surface area contributed by atoms with Crippen molar-refractivity contribution >= 4 is 5.91 Å². The molecule has 0 radical (unpaired) electrons. The lowest BCUT2D eigenvalue weighted by molar-refractivity contribution is 0.0996. The number of hydrogen-bond donors (Lipinski definition) is 2. The molecule has 1 aromatic heterocycles. The van der Waals surface area contributed by atoms with Crippen LogP contribution in [-0.4, -0.2) is 27.9 Å². The van der Waals surface area contributed by atoms with E-state index in [4.69, 9.17) is 10.5 Å². The van der Waals surface area contributed by atoms with Crippen molar-refractivity contribution in [3.63, 3.8) is 0 Å². The normalized spacial score (nSPS) is 10.7. The van der Waals surface area contributed by atoms with Crippen molar-refractivity contribution in [1.82, 2.24) is 15.4 Å². The van der Waals surface area contributed by atoms with Crippen LogP contribution < -0.4 is 10.5 Å². The maximum absolute atomic E-state index is 11.7. The van der Waals surface area contributed by atoms with Crippen LogP contribution in [0.15, 0.2) is 42.5 Å². The van der Waals surface area contributed by atoms with Gasteiger partial charge in [0.25, 0.3) is 5.91 Å². The summed E-state index contributed by atoms with van der Waals surface area (Å²) in [6.45, 7) is 4.75. The van der Waals surface area contributed by atoms with E-state index in [0.717, 1.165) is 24.0 Å². The van der Waals surface area contributed by atoms with Crippen molar-refractivity contribution < 1.29 is 9.53 Å². The number of ether oxygens (including phenoxy) is 1. The number of hydrogen-bond acceptors (Lipinski definition) is 4. The van der Waals surface area contributed by atoms with Crippen molar-refractivity contribution in [1.29, 1.82) is 0 Å². The molecule has 1 heterocycles. The Balaban J connectivity index is 2.07. The standard InChI is InChI=1S/C20H22N4O2/c1-3-4-11-26-17-10-9-15(14-7-5-13(2)6-8-14)12-16(17)18-19(20(21)25)23-24-22-18/h5-10,12H,3-4,11H2,1-2H3,(H2,21,25)(H,22,23,24). The molecule has 0 atom stereocenters. The maximum Gasteiger partial charge on any atom is 0.271 e. The SMILES string of the molecule is CCCCOc1ccc(-c2ccc(C)cc2)cc1-c1n[nH]nc1C(N)=O. The molecule has 0 bridgehead atoms. The first-order valence-corrected chi connectivity index (χ1v) is 8.65. The van der Waals surface area contributed by atoms with E-state index in [9.17, 15) is 4.79 Å². The summed E-state index contributed by atoms with van der Waals surface area (Å²) in [4.78, 5) is 11.7. The quantitative estimate of drug-likeness (QED) is 0.635. The molecule has 0 saturated carbocycles. The average Bonchev–Trinajstić information content (AvgIpc) is 3.13. The number of nitrogens with one attached hydrogen (secondary N) is 1. The number of carbonyl (C=O) groups is 1. The number of aromatic amines is 1. The maximum atomic E-state index is 11.7. The largest absolute Gasteiger partial charge is 0.493 e. The monoisotopic (exact) mass is 350 g/mol. The molecule has 0 aliphatic rings. The van der Waals surface area contributed by atoms with Crippen LogP contribution in [0.25, 0.3) is 22.4 Å². The molecular weight excluding hydrogens is 328 g/mol. The van der Waals surface area contributed by atoms with E-state index < -0.39 is 5.91 Å². The highest BCUT2D eigenvalue weighted by molar-refractivity contribution is 5.97. The first-order chi connectivity index (χ1) is 12.6. The fourth-order valence-corrected chi connectivity index (χ4v) is 2.68. The van der Waals surface area contributed by atoms with Crippen LogP contribution in [-0.2, 0) is 0 Å². The van der Waals surface area contributed by atoms with E-state index in [-0.39, 0.29) is 5.69 Å². The van der Waals surface area contributed by atoms with Crippen molar-refractivity contribution in [3.05, 3.63) is 53.7 Å². The number of nitrogens with zero attached hydrogens (tertiary/aromatic N) is 2. The summed E-state index contributed by atoms with van der Waals surface area (Å²) in [5, 5.41) is 10.5. The predicted octanol–water partition coefficient (Wildman–Crippen LogP) is 3.72. The molecule has 0 spiro atoms. The zero-order valence-corrected chi connectivity index (χ0v) is 15.0. The lowest BCUT2D eigenvalue weighted by Gasteiger charge is -2.12. The molecule has 6 nitrogen and oxygen atoms in total. The number of aromatic nitrogens is 3. The number of carbonyl (C=O) groups excluding carboxylic acids is 1. The molecule has 3 N–H and O–H groups in total. The van der Waals surface area contributed by atoms with Crippen LogP contribution in [0.2, 0.25) is 0 Å². The Morgan fingerprint density at radius 1 is 1.12 bits per heavy atom. The molecule has 2 aromatic carbocycles. The van der Waals surface area contributed by atoms with Crippen LogP contribution in [0.5, 0.6) is 5.75 Å². The van der Waals surface area contributed by atoms with E-state index in [1.807, 2.05) is 18.2 Å². The number of rotatable bonds is 7. The summed E-state index contributed by atoms with van der Waals surface area (Å²) < 4.78 is 5.91. The fourth-order valence-electron chi connectivity index (χ4n) is 2.68. The lowest BCUT2D eigenvalue weighted by Crippen LogP contribution is -2.13. The Hall–Kier alpha value is -3.15. The Morgan fingerprint density at radius 2 is 1.85 bits per heavy atom. The minimum atomic E-state index is -0.631. The third kappa shape index (κ3) is 3.74. The van der Waals surface area contributed by atoms with Crippen molar-refractivity contribution in [3.8, 4) is 28.1 Å². The average molecular weight is 350 g/mol. The molecular formula is C20H22N4O2. The molecule has 3 rings (SSSR count). The molecule has 1 amide bonds. The van der Waals surface area contributed by atoms with Gasteiger partial charge >= 0.3 is 0 Å². The van der Waals surface area contributed by atoms with Crippen molar-refractivity contribution in [2.75, 3.05) is 6.61 Å². The molecule has 3 aromatic rings. The van der Waals surface area contributed by atoms with E-state index in [1.54, 1.807) is 0 Å². The van der Waals surface area contributed by atoms with Crippen molar-refractivity contribution in [2.45, 2.75) is 26.7 Å². The smallest absolute Gasteiger partial charge is 0.271 e. The molecule has 0 unspecified atom stereocenters. The first kappa shape index (κ1) is 17.7. The molecule has 134 valence electrons. The van der Waals surface area contributed by atoms with Gasteiger partial charge in [0.2, 0.25) is 0 Å². The number of amides is 1. The number of unbranched alkanes of at least 4 members (excludes halogenated alkanes) is 1. The van der Waals surface area contributed by atoms with Gasteiger partial charge in [0, 0.05) is 5.56 Å². The third-order valence-electron chi connectivity index (χ3n) is 4.16. The van der Waals surface area contributed by atoms with E-state index in [1.165, 1.54) is 5.56 Å². The van der Waals surface area contributed by atoms with Crippen LogP contribution in [0, 0.1) is 6.92 Å². The van der Waals surface area contributed by atoms with E-state index in [0.29, 0.717) is 23.6 Å². The third-order valence-corrected chi connectivity index (χ3v) is 4.16. The summed E-state index contributed by atoms with van der Waals surface area (Å²) in [7, 11) is 0. The number of H-pyrrole nitrogens is 1. The number of aryl methyl sites for hydroxylation is 1. The molecule has 26 heavy (non-hydrogen) atoms. The number of nitrogens with two attached hydrogens (primary N) is 1. The van der Waals surface area contributed by atoms with Gasteiger partial charge in [-0.1, -0.05) is 49.2 Å². The van der Waals surface area contributed by atoms with E-state index >= 15 is 0 Å². The van der Waals surface area contributed by atoms with Crippen LogP contribution in [0.1, 0.15) is 35.8 Å². The second kappa shape index (κ2) is 7.82. The Kier molecular flexibility index (Phi) is 5.31. The summed E-state index contributed by atoms with van der Waals surface area (Å²) >= 11 is 0. The van der Waals surface area contributed by atoms with Gasteiger partial charge in [0.05, 0.1) is 6.61 Å². The molecule has 0 saturated heterocycles. The summed E-state index contributed by atoms with van der Waals surface area (Å²) in [6, 6.07) is 14.1. The Morgan fingerprint density at radius 3 is 2.54 bits per heavy atom. The van der Waals surface area contributed by atoms with Gasteiger partial charge in [-0.3, -0.25) is 4.79 Å². The van der Waals surface area contributed by atoms with Crippen LogP contribution >= 0.6 is 0 Å². The fraction of sp³-hybridized carbons (Fsp3) is 0.250. The molecule has 0 aliphatic carbocycles. The zero-order valence-electron chi connectivity index (χ0n) is 15.0. The topological polar surface area (TPSA) is 93.9 Å². The van der Waals surface area contributed by atoms with Crippen LogP contribution in [0.4, 0.5) is 0 Å². The summed E-state index contributed by atoms with van der Waals surface area (Å²) in [5.41, 5.74) is 9.90. The van der Waals surface area contributed by atoms with Gasteiger partial charge in [0.1, 0.15) is 11.4 Å². The number of primary amides is 1. The molecule has 6 heteroatoms. The van der Waals surface area contributed by atoms with Gasteiger partial charge in [-0.05, 0) is 36.6 Å². The van der Waals surface area contributed by atoms with Gasteiger partial charge < -0.3 is 10.5 Å². The van der Waals surface area contributed by atoms with Crippen molar-refractivity contribution in [2.24, 2.45) is 5.73 Å². The van der Waals surface area contributed by atoms with Gasteiger partial charge in [-0.2, -0.15) is 15.4 Å². The zero-order chi connectivity index (χ0) is 18.5. The predicted molar refractivity (Wildman–Crippen MR) is 101 cm³/mol. The van der Waals surface area contributed by atoms with Crippen LogP contribution in [0.3, 0.4) is 0 Å². The molecule has 0 fully saturated rings. The summed E-state index contributed by atoms with van der Waals surface area (Å²) in [6.07, 6.45) is 1.98. The van der Waals surface area contributed by atoms with Gasteiger partial charge in [-0.15, -0.1) is 0 Å². The second-order valence-electron chi connectivity index (χ2n) is 6.16. The summed E-state index contributed by atoms with van der Waals surface area (Å²) in [5.74, 6) is 0.0275. The second-order valence-corrected chi connectivity index (χ2v) is 6.16. The highest BCUT2D eigenvalue weighted by atomic mass is 16.5. The molecule has 0 aliphatic heterocycles. The van der Waals surface area contributed by atoms with Gasteiger partial charge in [-0.25, -0.2) is 0 Å². The lowest BCUT2D eigenvalue weighted by atomic mass is 9.99.